The SMILES string of the molecule is CCN1C(=O)CSC(=NOC(=O)N(C)C(C)=O)C1C. The maximum Gasteiger partial charge on any atom is 0.442 e. The Bertz CT molecular complexity index is 424. The largest absolute Gasteiger partial charge is 0.442 e. The first-order chi connectivity index (χ1) is 8.88. The Balaban J connectivity index is 2.70. The fourth-order valence-electron chi connectivity index (χ4n) is 1.52. The summed E-state index contributed by atoms with van der Waals surface area (Å²) in [7, 11) is 1.31. The zero-order valence-electron chi connectivity index (χ0n) is 11.4. The van der Waals surface area contributed by atoms with Crippen LogP contribution in [0.2, 0.25) is 0 Å². The fraction of sp³-hybridized carbons (Fsp3) is 0.636. The van der Waals surface area contributed by atoms with E-state index in [1.165, 1.54) is 25.7 Å². The maximum atomic E-state index is 11.6. The molecule has 0 N–H and O–H groups in total. The first kappa shape index (κ1) is 15.5. The molecular formula is C11H17N3O4S. The van der Waals surface area contributed by atoms with Crippen molar-refractivity contribution < 1.29 is 19.2 Å². The first-order valence-corrected chi connectivity index (χ1v) is 6.82. The average molecular weight is 287 g/mol. The van der Waals surface area contributed by atoms with E-state index < -0.39 is 12.0 Å². The van der Waals surface area contributed by atoms with E-state index in [1.807, 2.05) is 13.8 Å². The number of amides is 3. The van der Waals surface area contributed by atoms with Crippen molar-refractivity contribution in [1.29, 1.82) is 0 Å². The van der Waals surface area contributed by atoms with Crippen LogP contribution in [0.1, 0.15) is 20.8 Å². The molecule has 0 aromatic heterocycles. The van der Waals surface area contributed by atoms with Crippen molar-refractivity contribution in [2.75, 3.05) is 19.3 Å². The molecule has 0 saturated carbocycles. The second kappa shape index (κ2) is 6.55. The Morgan fingerprint density at radius 1 is 1.58 bits per heavy atom. The van der Waals surface area contributed by atoms with Gasteiger partial charge in [0, 0.05) is 20.5 Å². The quantitative estimate of drug-likeness (QED) is 0.557. The van der Waals surface area contributed by atoms with Crippen LogP contribution < -0.4 is 0 Å². The number of rotatable bonds is 2. The van der Waals surface area contributed by atoms with Crippen molar-refractivity contribution in [3.63, 3.8) is 0 Å². The van der Waals surface area contributed by atoms with E-state index in [0.29, 0.717) is 11.6 Å². The molecule has 3 amide bonds. The summed E-state index contributed by atoms with van der Waals surface area (Å²) in [6.45, 7) is 5.51. The van der Waals surface area contributed by atoms with Crippen LogP contribution in [-0.4, -0.2) is 58.1 Å². The van der Waals surface area contributed by atoms with Crippen LogP contribution in [0.3, 0.4) is 0 Å². The molecule has 1 heterocycles. The molecule has 0 radical (unpaired) electrons. The molecule has 1 aliphatic heterocycles. The second-order valence-corrected chi connectivity index (χ2v) is 5.00. The molecular weight excluding hydrogens is 270 g/mol. The summed E-state index contributed by atoms with van der Waals surface area (Å²) >= 11 is 1.24. The lowest BCUT2D eigenvalue weighted by Crippen LogP contribution is -2.47. The van der Waals surface area contributed by atoms with Gasteiger partial charge in [0.05, 0.1) is 11.8 Å². The lowest BCUT2D eigenvalue weighted by Gasteiger charge is -2.32. The molecule has 106 valence electrons. The van der Waals surface area contributed by atoms with E-state index in [9.17, 15) is 14.4 Å². The molecule has 0 aromatic carbocycles. The van der Waals surface area contributed by atoms with E-state index in [0.717, 1.165) is 4.90 Å². The lowest BCUT2D eigenvalue weighted by atomic mass is 10.3. The molecule has 8 heteroatoms. The lowest BCUT2D eigenvalue weighted by molar-refractivity contribution is -0.129. The summed E-state index contributed by atoms with van der Waals surface area (Å²) in [5.74, 6) is -0.122. The molecule has 1 fully saturated rings. The third-order valence-corrected chi connectivity index (χ3v) is 3.89. The van der Waals surface area contributed by atoms with Gasteiger partial charge in [0.15, 0.2) is 0 Å². The summed E-state index contributed by atoms with van der Waals surface area (Å²) in [5, 5.41) is 4.29. The Morgan fingerprint density at radius 3 is 2.74 bits per heavy atom. The Kier molecular flexibility index (Phi) is 5.34. The van der Waals surface area contributed by atoms with Gasteiger partial charge in [-0.3, -0.25) is 14.4 Å². The van der Waals surface area contributed by atoms with E-state index in [1.54, 1.807) is 4.90 Å². The highest BCUT2D eigenvalue weighted by Crippen LogP contribution is 2.20. The maximum absolute atomic E-state index is 11.6. The van der Waals surface area contributed by atoms with Crippen LogP contribution in [0.5, 0.6) is 0 Å². The van der Waals surface area contributed by atoms with Gasteiger partial charge in [-0.05, 0) is 13.8 Å². The van der Waals surface area contributed by atoms with Crippen molar-refractivity contribution in [1.82, 2.24) is 9.80 Å². The smallest absolute Gasteiger partial charge is 0.333 e. The zero-order valence-corrected chi connectivity index (χ0v) is 12.2. The topological polar surface area (TPSA) is 79.3 Å². The third kappa shape index (κ3) is 3.69. The van der Waals surface area contributed by atoms with Gasteiger partial charge >= 0.3 is 6.09 Å². The summed E-state index contributed by atoms with van der Waals surface area (Å²) in [6, 6.07) is -0.230. The van der Waals surface area contributed by atoms with Gasteiger partial charge in [0.1, 0.15) is 5.04 Å². The minimum atomic E-state index is -0.840. The Hall–Kier alpha value is -1.57. The van der Waals surface area contributed by atoms with Crippen molar-refractivity contribution in [3.05, 3.63) is 0 Å². The van der Waals surface area contributed by atoms with E-state index in [4.69, 9.17) is 4.84 Å². The minimum absolute atomic E-state index is 0.0335. The third-order valence-electron chi connectivity index (χ3n) is 2.79. The van der Waals surface area contributed by atoms with Gasteiger partial charge in [0.2, 0.25) is 11.8 Å². The second-order valence-electron chi connectivity index (χ2n) is 4.01. The molecule has 1 atom stereocenters. The molecule has 1 unspecified atom stereocenters. The summed E-state index contributed by atoms with van der Waals surface area (Å²) < 4.78 is 0. The fourth-order valence-corrected chi connectivity index (χ4v) is 2.41. The average Bonchev–Trinajstić information content (AvgIpc) is 2.37. The van der Waals surface area contributed by atoms with E-state index in [2.05, 4.69) is 5.16 Å². The van der Waals surface area contributed by atoms with E-state index >= 15 is 0 Å². The van der Waals surface area contributed by atoms with Crippen LogP contribution in [0.15, 0.2) is 5.16 Å². The van der Waals surface area contributed by atoms with Gasteiger partial charge in [-0.1, -0.05) is 16.9 Å². The molecule has 0 aromatic rings. The predicted octanol–water partition coefficient (Wildman–Crippen LogP) is 0.899. The number of carbonyl (C=O) groups is 3. The molecule has 19 heavy (non-hydrogen) atoms. The number of oxime groups is 1. The number of nitrogens with zero attached hydrogens (tertiary/aromatic N) is 3. The normalized spacial score (nSPS) is 21.5. The molecule has 1 saturated heterocycles. The predicted molar refractivity (Wildman–Crippen MR) is 71.7 cm³/mol. The highest BCUT2D eigenvalue weighted by Gasteiger charge is 2.30. The van der Waals surface area contributed by atoms with Gasteiger partial charge in [-0.2, -0.15) is 0 Å². The molecule has 0 bridgehead atoms. The Labute approximate surface area is 115 Å². The standard InChI is InChI=1S/C11H17N3O4S/c1-5-14-7(2)10(19-6-9(14)16)12-18-11(17)13(4)8(3)15/h7H,5-6H2,1-4H3. The van der Waals surface area contributed by atoms with Gasteiger partial charge < -0.3 is 4.90 Å². The summed E-state index contributed by atoms with van der Waals surface area (Å²) in [6.07, 6.45) is -0.840. The summed E-state index contributed by atoms with van der Waals surface area (Å²) in [5.41, 5.74) is 0. The van der Waals surface area contributed by atoms with Crippen molar-refractivity contribution >= 4 is 34.7 Å². The number of carbonyl (C=O) groups excluding carboxylic acids is 3. The zero-order chi connectivity index (χ0) is 14.6. The first-order valence-electron chi connectivity index (χ1n) is 5.83. The van der Waals surface area contributed by atoms with Crippen LogP contribution in [0.4, 0.5) is 4.79 Å². The number of hydrogen-bond donors (Lipinski definition) is 0. The monoisotopic (exact) mass is 287 g/mol. The van der Waals surface area contributed by atoms with Crippen molar-refractivity contribution in [3.8, 4) is 0 Å². The van der Waals surface area contributed by atoms with Crippen molar-refractivity contribution in [2.45, 2.75) is 26.8 Å². The molecule has 0 aliphatic carbocycles. The highest BCUT2D eigenvalue weighted by molar-refractivity contribution is 8.14. The minimum Gasteiger partial charge on any atom is -0.333 e. The van der Waals surface area contributed by atoms with Gasteiger partial charge in [-0.15, -0.1) is 0 Å². The van der Waals surface area contributed by atoms with Gasteiger partial charge in [-0.25, -0.2) is 9.69 Å². The molecule has 0 spiro atoms. The number of hydrogen-bond acceptors (Lipinski definition) is 6. The molecule has 1 rings (SSSR count). The highest BCUT2D eigenvalue weighted by atomic mass is 32.2. The van der Waals surface area contributed by atoms with E-state index in [-0.39, 0.29) is 17.7 Å². The number of imide groups is 1. The summed E-state index contributed by atoms with van der Waals surface area (Å²) in [4.78, 5) is 41.2. The van der Waals surface area contributed by atoms with Gasteiger partial charge in [0.25, 0.3) is 0 Å². The van der Waals surface area contributed by atoms with Crippen LogP contribution in [0.25, 0.3) is 0 Å². The van der Waals surface area contributed by atoms with Crippen molar-refractivity contribution in [2.24, 2.45) is 5.16 Å². The van der Waals surface area contributed by atoms with Crippen LogP contribution in [-0.2, 0) is 14.4 Å². The number of thioether (sulfide) groups is 1. The Morgan fingerprint density at radius 2 is 2.21 bits per heavy atom. The molecule has 7 nitrogen and oxygen atoms in total. The molecule has 1 aliphatic rings. The van der Waals surface area contributed by atoms with Crippen LogP contribution in [0, 0.1) is 0 Å². The van der Waals surface area contributed by atoms with Crippen LogP contribution >= 0.6 is 11.8 Å².